The summed E-state index contributed by atoms with van der Waals surface area (Å²) < 4.78 is 5.28. The first-order valence-electron chi connectivity index (χ1n) is 17.0. The molecule has 276 valence electrons. The van der Waals surface area contributed by atoms with E-state index in [1.807, 2.05) is 50.2 Å². The van der Waals surface area contributed by atoms with Gasteiger partial charge in [0.1, 0.15) is 17.8 Å². The standard InChI is InChI=1S/C38H48N8O6/c1-26(2)23-31(35(48)41-4)43-36(49)32(24-27-13-8-6-9-14-27)44-38(51)46(29-15-10-7-11-16-29)22-21-45(20-12-19-39)37(50)42-28-17-18-33(52-5)30(25-28)34(47)40-3/h6-11,13-18,25-26,31-32H,12,20-24H2,1-5H3,(H,40,47)(H,41,48)(H,42,50)(H,43,49)(H,44,51). The molecule has 0 bridgehead atoms. The molecule has 0 aliphatic carbocycles. The molecular formula is C38H48N8O6. The average molecular weight is 713 g/mol. The predicted molar refractivity (Wildman–Crippen MR) is 199 cm³/mol. The maximum absolute atomic E-state index is 14.1. The van der Waals surface area contributed by atoms with Crippen LogP contribution in [0.1, 0.15) is 42.6 Å². The summed E-state index contributed by atoms with van der Waals surface area (Å²) >= 11 is 0. The number of urea groups is 2. The van der Waals surface area contributed by atoms with Crippen molar-refractivity contribution >= 4 is 41.2 Å². The summed E-state index contributed by atoms with van der Waals surface area (Å²) in [5.74, 6) is -0.825. The van der Waals surface area contributed by atoms with E-state index in [9.17, 15) is 29.2 Å². The fraction of sp³-hybridized carbons (Fsp3) is 0.368. The topological polar surface area (TPSA) is 185 Å². The summed E-state index contributed by atoms with van der Waals surface area (Å²) in [4.78, 5) is 69.3. The lowest BCUT2D eigenvalue weighted by Gasteiger charge is -2.30. The van der Waals surface area contributed by atoms with Gasteiger partial charge in [-0.1, -0.05) is 62.4 Å². The van der Waals surface area contributed by atoms with E-state index in [-0.39, 0.29) is 49.9 Å². The summed E-state index contributed by atoms with van der Waals surface area (Å²) in [6.45, 7) is 3.96. The van der Waals surface area contributed by atoms with Crippen molar-refractivity contribution in [3.05, 3.63) is 90.0 Å². The van der Waals surface area contributed by atoms with Gasteiger partial charge in [-0.05, 0) is 48.2 Å². The number of ether oxygens (including phenoxy) is 1. The monoisotopic (exact) mass is 712 g/mol. The van der Waals surface area contributed by atoms with Gasteiger partial charge in [-0.25, -0.2) is 9.59 Å². The molecule has 0 saturated carbocycles. The fourth-order valence-electron chi connectivity index (χ4n) is 5.41. The van der Waals surface area contributed by atoms with Crippen molar-refractivity contribution in [2.45, 2.75) is 45.2 Å². The number of hydrogen-bond donors (Lipinski definition) is 5. The van der Waals surface area contributed by atoms with Crippen LogP contribution in [0.15, 0.2) is 78.9 Å². The van der Waals surface area contributed by atoms with E-state index in [0.717, 1.165) is 5.56 Å². The van der Waals surface area contributed by atoms with E-state index in [0.29, 0.717) is 23.5 Å². The van der Waals surface area contributed by atoms with Gasteiger partial charge in [-0.15, -0.1) is 0 Å². The molecule has 0 radical (unpaired) electrons. The molecule has 0 fully saturated rings. The van der Waals surface area contributed by atoms with Gasteiger partial charge in [-0.3, -0.25) is 19.3 Å². The largest absolute Gasteiger partial charge is 0.496 e. The van der Waals surface area contributed by atoms with E-state index < -0.39 is 36.0 Å². The molecule has 14 nitrogen and oxygen atoms in total. The van der Waals surface area contributed by atoms with Crippen LogP contribution < -0.4 is 36.2 Å². The van der Waals surface area contributed by atoms with Gasteiger partial charge in [0, 0.05) is 51.5 Å². The van der Waals surface area contributed by atoms with Crippen LogP contribution in [0, 0.1) is 17.2 Å². The van der Waals surface area contributed by atoms with Gasteiger partial charge in [0.15, 0.2) is 0 Å². The molecule has 0 aliphatic rings. The van der Waals surface area contributed by atoms with E-state index in [2.05, 4.69) is 26.6 Å². The number of likely N-dealkylation sites (N-methyl/N-ethyl adjacent to an activating group) is 1. The molecule has 0 spiro atoms. The second-order valence-electron chi connectivity index (χ2n) is 12.3. The number of hydrogen-bond acceptors (Lipinski definition) is 7. The average Bonchev–Trinajstić information content (AvgIpc) is 3.15. The number of benzene rings is 3. The SMILES string of the molecule is CNC(=O)c1cc(NC(=O)N(CCC#N)CCN(C(=O)NC(Cc2ccccc2)C(=O)NC(CC(C)C)C(=O)NC)c2ccccc2)ccc1OC. The van der Waals surface area contributed by atoms with Gasteiger partial charge >= 0.3 is 12.1 Å². The maximum Gasteiger partial charge on any atom is 0.322 e. The second-order valence-corrected chi connectivity index (χ2v) is 12.3. The van der Waals surface area contributed by atoms with Crippen molar-refractivity contribution in [2.24, 2.45) is 5.92 Å². The Kier molecular flexibility index (Phi) is 15.9. The van der Waals surface area contributed by atoms with Crippen LogP contribution >= 0.6 is 0 Å². The van der Waals surface area contributed by atoms with Crippen molar-refractivity contribution in [1.29, 1.82) is 5.26 Å². The third kappa shape index (κ3) is 12.0. The van der Waals surface area contributed by atoms with Crippen LogP contribution in [0.2, 0.25) is 0 Å². The number of amides is 7. The number of nitrogens with one attached hydrogen (secondary N) is 5. The van der Waals surface area contributed by atoms with E-state index >= 15 is 0 Å². The lowest BCUT2D eigenvalue weighted by molar-refractivity contribution is -0.130. The molecular weight excluding hydrogens is 664 g/mol. The van der Waals surface area contributed by atoms with Crippen LogP contribution in [0.3, 0.4) is 0 Å². The predicted octanol–water partition coefficient (Wildman–Crippen LogP) is 3.91. The van der Waals surface area contributed by atoms with Gasteiger partial charge < -0.3 is 36.2 Å². The van der Waals surface area contributed by atoms with E-state index in [4.69, 9.17) is 4.74 Å². The summed E-state index contributed by atoms with van der Waals surface area (Å²) in [5.41, 5.74) is 1.85. The number of anilines is 2. The highest BCUT2D eigenvalue weighted by atomic mass is 16.5. The fourth-order valence-corrected chi connectivity index (χ4v) is 5.41. The van der Waals surface area contributed by atoms with Crippen molar-refractivity contribution < 1.29 is 28.7 Å². The number of rotatable bonds is 17. The normalized spacial score (nSPS) is 11.6. The number of carbonyl (C=O) groups excluding carboxylic acids is 5. The summed E-state index contributed by atoms with van der Waals surface area (Å²) in [6.07, 6.45) is 0.580. The van der Waals surface area contributed by atoms with E-state index in [1.165, 1.54) is 37.1 Å². The molecule has 3 aromatic rings. The zero-order valence-electron chi connectivity index (χ0n) is 30.3. The lowest BCUT2D eigenvalue weighted by atomic mass is 10.0. The summed E-state index contributed by atoms with van der Waals surface area (Å²) in [5, 5.41) is 22.9. The molecule has 3 rings (SSSR count). The molecule has 7 amide bonds. The van der Waals surface area contributed by atoms with Crippen LogP contribution in [-0.4, -0.2) is 87.6 Å². The maximum atomic E-state index is 14.1. The minimum absolute atomic E-state index is 0.00527. The molecule has 2 atom stereocenters. The Bertz CT molecular complexity index is 1700. The zero-order chi connectivity index (χ0) is 38.0. The smallest absolute Gasteiger partial charge is 0.322 e. The highest BCUT2D eigenvalue weighted by molar-refractivity contribution is 5.99. The molecule has 3 aromatic carbocycles. The van der Waals surface area contributed by atoms with Crippen molar-refractivity contribution in [1.82, 2.24) is 26.2 Å². The summed E-state index contributed by atoms with van der Waals surface area (Å²) in [6, 6.07) is 21.7. The quantitative estimate of drug-likeness (QED) is 0.141. The molecule has 0 aliphatic heterocycles. The Hall–Kier alpha value is -6.10. The first-order chi connectivity index (χ1) is 25.0. The Labute approximate surface area is 304 Å². The molecule has 5 N–H and O–H groups in total. The first-order valence-corrected chi connectivity index (χ1v) is 17.0. The van der Waals surface area contributed by atoms with Gasteiger partial charge in [0.25, 0.3) is 5.91 Å². The Balaban J connectivity index is 1.88. The minimum Gasteiger partial charge on any atom is -0.496 e. The number of nitrogens with zero attached hydrogens (tertiary/aromatic N) is 3. The zero-order valence-corrected chi connectivity index (χ0v) is 30.3. The van der Waals surface area contributed by atoms with Crippen molar-refractivity contribution in [2.75, 3.05) is 51.1 Å². The van der Waals surface area contributed by atoms with Gasteiger partial charge in [0.2, 0.25) is 11.8 Å². The highest BCUT2D eigenvalue weighted by Crippen LogP contribution is 2.23. The van der Waals surface area contributed by atoms with Gasteiger partial charge in [-0.2, -0.15) is 5.26 Å². The minimum atomic E-state index is -1.05. The number of methoxy groups -OCH3 is 1. The number of carbonyl (C=O) groups is 5. The highest BCUT2D eigenvalue weighted by Gasteiger charge is 2.29. The molecule has 14 heteroatoms. The molecule has 0 aromatic heterocycles. The summed E-state index contributed by atoms with van der Waals surface area (Å²) in [7, 11) is 4.42. The molecule has 0 saturated heterocycles. The molecule has 52 heavy (non-hydrogen) atoms. The second kappa shape index (κ2) is 20.5. The Morgan fingerprint density at radius 3 is 2.06 bits per heavy atom. The van der Waals surface area contributed by atoms with Crippen LogP contribution in [0.4, 0.5) is 21.0 Å². The van der Waals surface area contributed by atoms with Crippen LogP contribution in [0.25, 0.3) is 0 Å². The Morgan fingerprint density at radius 1 is 0.788 bits per heavy atom. The molecule has 2 unspecified atom stereocenters. The lowest BCUT2D eigenvalue weighted by Crippen LogP contribution is -2.57. The first kappa shape index (κ1) is 40.3. The third-order valence-corrected chi connectivity index (χ3v) is 8.09. The van der Waals surface area contributed by atoms with Crippen LogP contribution in [0.5, 0.6) is 5.75 Å². The Morgan fingerprint density at radius 2 is 1.46 bits per heavy atom. The number of nitriles is 1. The van der Waals surface area contributed by atoms with E-state index in [1.54, 1.807) is 42.5 Å². The van der Waals surface area contributed by atoms with Crippen molar-refractivity contribution in [3.63, 3.8) is 0 Å². The van der Waals surface area contributed by atoms with Crippen LogP contribution in [-0.2, 0) is 16.0 Å². The van der Waals surface area contributed by atoms with Gasteiger partial charge in [0.05, 0.1) is 25.2 Å². The number of para-hydroxylation sites is 1. The van der Waals surface area contributed by atoms with Crippen molar-refractivity contribution in [3.8, 4) is 11.8 Å². The third-order valence-electron chi connectivity index (χ3n) is 8.09. The molecule has 0 heterocycles.